The van der Waals surface area contributed by atoms with Crippen LogP contribution in [-0.4, -0.2) is 28.2 Å². The van der Waals surface area contributed by atoms with E-state index >= 15 is 0 Å². The molecule has 6 heteroatoms. The fraction of sp³-hybridized carbons (Fsp3) is 0.500. The average Bonchev–Trinajstić information content (AvgIpc) is 3.33. The number of oxazole rings is 1. The topological polar surface area (TPSA) is 70.3 Å². The zero-order chi connectivity index (χ0) is 19.5. The molecule has 1 fully saturated rings. The van der Waals surface area contributed by atoms with E-state index in [2.05, 4.69) is 53.9 Å². The third-order valence-electron chi connectivity index (χ3n) is 5.04. The highest BCUT2D eigenvalue weighted by molar-refractivity contribution is 5.78. The second-order valence-corrected chi connectivity index (χ2v) is 7.67. The summed E-state index contributed by atoms with van der Waals surface area (Å²) in [6.07, 6.45) is 5.85. The van der Waals surface area contributed by atoms with Crippen molar-refractivity contribution in [3.8, 4) is 23.3 Å². The number of rotatable bonds is 7. The molecule has 0 radical (unpaired) electrons. The first-order chi connectivity index (χ1) is 13.6. The van der Waals surface area contributed by atoms with Crippen LogP contribution in [-0.2, 0) is 0 Å². The van der Waals surface area contributed by atoms with E-state index in [0.717, 1.165) is 23.1 Å². The van der Waals surface area contributed by atoms with Crippen molar-refractivity contribution in [2.45, 2.75) is 52.9 Å². The van der Waals surface area contributed by atoms with E-state index < -0.39 is 0 Å². The Morgan fingerprint density at radius 2 is 1.75 bits per heavy atom. The molecule has 0 atom stereocenters. The van der Waals surface area contributed by atoms with E-state index in [9.17, 15) is 0 Å². The van der Waals surface area contributed by atoms with Crippen molar-refractivity contribution in [1.29, 1.82) is 0 Å². The van der Waals surface area contributed by atoms with E-state index in [0.29, 0.717) is 48.1 Å². The number of aryl methyl sites for hydroxylation is 2. The minimum Gasteiger partial charge on any atom is -0.476 e. The van der Waals surface area contributed by atoms with Crippen LogP contribution in [0.3, 0.4) is 0 Å². The molecule has 1 aliphatic rings. The fourth-order valence-corrected chi connectivity index (χ4v) is 3.73. The summed E-state index contributed by atoms with van der Waals surface area (Å²) in [5.41, 5.74) is 4.18. The summed E-state index contributed by atoms with van der Waals surface area (Å²) in [7, 11) is 0. The predicted octanol–water partition coefficient (Wildman–Crippen LogP) is 5.26. The van der Waals surface area contributed by atoms with Crippen LogP contribution in [0.15, 0.2) is 22.6 Å². The van der Waals surface area contributed by atoms with Crippen LogP contribution in [0, 0.1) is 19.8 Å². The molecule has 2 aromatic heterocycles. The fourth-order valence-electron chi connectivity index (χ4n) is 3.73. The monoisotopic (exact) mass is 381 g/mol. The zero-order valence-electron chi connectivity index (χ0n) is 16.8. The smallest absolute Gasteiger partial charge is 0.323 e. The van der Waals surface area contributed by atoms with Crippen molar-refractivity contribution in [2.75, 3.05) is 13.2 Å². The summed E-state index contributed by atoms with van der Waals surface area (Å²) < 4.78 is 17.7. The van der Waals surface area contributed by atoms with Gasteiger partial charge in [0.25, 0.3) is 11.6 Å². The van der Waals surface area contributed by atoms with Gasteiger partial charge in [0.2, 0.25) is 5.89 Å². The highest BCUT2D eigenvalue weighted by Gasteiger charge is 2.20. The van der Waals surface area contributed by atoms with Gasteiger partial charge in [-0.05, 0) is 51.2 Å². The van der Waals surface area contributed by atoms with Gasteiger partial charge in [-0.25, -0.2) is 4.98 Å². The molecule has 2 heterocycles. The SMILES string of the molecule is CCCOc1nc(OCC2CCCC2)nc2oc(-c3cc(C)cc(C)c3)nc12. The molecule has 4 rings (SSSR count). The van der Waals surface area contributed by atoms with E-state index in [4.69, 9.17) is 13.9 Å². The molecule has 6 nitrogen and oxygen atoms in total. The summed E-state index contributed by atoms with van der Waals surface area (Å²) in [5.74, 6) is 1.53. The molecule has 28 heavy (non-hydrogen) atoms. The summed E-state index contributed by atoms with van der Waals surface area (Å²) in [6, 6.07) is 6.52. The number of benzene rings is 1. The van der Waals surface area contributed by atoms with E-state index in [1.165, 1.54) is 25.7 Å². The molecule has 3 aromatic rings. The Hall–Kier alpha value is -2.63. The largest absolute Gasteiger partial charge is 0.476 e. The first kappa shape index (κ1) is 18.7. The lowest BCUT2D eigenvalue weighted by Crippen LogP contribution is -2.10. The lowest BCUT2D eigenvalue weighted by molar-refractivity contribution is 0.228. The molecule has 1 aromatic carbocycles. The van der Waals surface area contributed by atoms with Crippen LogP contribution in [0.1, 0.15) is 50.2 Å². The van der Waals surface area contributed by atoms with Gasteiger partial charge in [0, 0.05) is 5.56 Å². The zero-order valence-corrected chi connectivity index (χ0v) is 16.8. The van der Waals surface area contributed by atoms with Crippen molar-refractivity contribution in [3.63, 3.8) is 0 Å². The molecular formula is C22H27N3O3. The molecule has 1 aliphatic carbocycles. The number of nitrogens with zero attached hydrogens (tertiary/aromatic N) is 3. The number of ether oxygens (including phenoxy) is 2. The molecule has 0 bridgehead atoms. The highest BCUT2D eigenvalue weighted by Crippen LogP contribution is 2.31. The van der Waals surface area contributed by atoms with Crippen LogP contribution < -0.4 is 9.47 Å². The van der Waals surface area contributed by atoms with Gasteiger partial charge in [0.1, 0.15) is 0 Å². The minimum atomic E-state index is 0.300. The van der Waals surface area contributed by atoms with Crippen LogP contribution in [0.5, 0.6) is 11.9 Å². The van der Waals surface area contributed by atoms with Gasteiger partial charge in [-0.2, -0.15) is 9.97 Å². The van der Waals surface area contributed by atoms with Crippen LogP contribution in [0.4, 0.5) is 0 Å². The molecule has 0 saturated heterocycles. The van der Waals surface area contributed by atoms with Crippen molar-refractivity contribution in [1.82, 2.24) is 15.0 Å². The number of fused-ring (bicyclic) bond motifs is 1. The summed E-state index contributed by atoms with van der Waals surface area (Å²) in [4.78, 5) is 13.5. The maximum Gasteiger partial charge on any atom is 0.323 e. The Labute approximate surface area is 165 Å². The predicted molar refractivity (Wildman–Crippen MR) is 108 cm³/mol. The first-order valence-electron chi connectivity index (χ1n) is 10.1. The maximum atomic E-state index is 5.97. The van der Waals surface area contributed by atoms with Crippen molar-refractivity contribution in [3.05, 3.63) is 29.3 Å². The number of aromatic nitrogens is 3. The van der Waals surface area contributed by atoms with Crippen LogP contribution in [0.2, 0.25) is 0 Å². The second-order valence-electron chi connectivity index (χ2n) is 7.67. The molecule has 0 unspecified atom stereocenters. The molecule has 148 valence electrons. The Balaban J connectivity index is 1.68. The van der Waals surface area contributed by atoms with Gasteiger partial charge in [0.05, 0.1) is 13.2 Å². The van der Waals surface area contributed by atoms with Gasteiger partial charge >= 0.3 is 6.01 Å². The molecule has 0 aliphatic heterocycles. The molecular weight excluding hydrogens is 354 g/mol. The van der Waals surface area contributed by atoms with Gasteiger partial charge in [-0.3, -0.25) is 0 Å². The van der Waals surface area contributed by atoms with Gasteiger partial charge < -0.3 is 13.9 Å². The standard InChI is InChI=1S/C22H27N3O3/c1-4-9-26-20-18-21(25-22(24-20)27-13-16-7-5-6-8-16)28-19(23-18)17-11-14(2)10-15(3)12-17/h10-12,16H,4-9,13H2,1-3H3. The van der Waals surface area contributed by atoms with E-state index in [1.54, 1.807) is 0 Å². The minimum absolute atomic E-state index is 0.300. The van der Waals surface area contributed by atoms with Crippen molar-refractivity contribution in [2.24, 2.45) is 5.92 Å². The first-order valence-corrected chi connectivity index (χ1v) is 10.1. The Morgan fingerprint density at radius 3 is 2.46 bits per heavy atom. The second kappa shape index (κ2) is 8.17. The van der Waals surface area contributed by atoms with E-state index in [-0.39, 0.29) is 0 Å². The van der Waals surface area contributed by atoms with Gasteiger partial charge in [-0.15, -0.1) is 0 Å². The lowest BCUT2D eigenvalue weighted by Gasteiger charge is -2.10. The Kier molecular flexibility index (Phi) is 5.46. The van der Waals surface area contributed by atoms with E-state index in [1.807, 2.05) is 0 Å². The molecule has 0 amide bonds. The van der Waals surface area contributed by atoms with Crippen molar-refractivity contribution < 1.29 is 13.9 Å². The summed E-state index contributed by atoms with van der Waals surface area (Å²) in [5, 5.41) is 0. The lowest BCUT2D eigenvalue weighted by atomic mass is 10.1. The number of hydrogen-bond acceptors (Lipinski definition) is 6. The quantitative estimate of drug-likeness (QED) is 0.556. The molecule has 1 saturated carbocycles. The average molecular weight is 381 g/mol. The Morgan fingerprint density at radius 1 is 1.00 bits per heavy atom. The van der Waals surface area contributed by atoms with Crippen LogP contribution >= 0.6 is 0 Å². The van der Waals surface area contributed by atoms with Gasteiger partial charge in [-0.1, -0.05) is 37.0 Å². The Bertz CT molecular complexity index is 941. The van der Waals surface area contributed by atoms with Gasteiger partial charge in [0.15, 0.2) is 5.52 Å². The van der Waals surface area contributed by atoms with Crippen LogP contribution in [0.25, 0.3) is 22.7 Å². The summed E-state index contributed by atoms with van der Waals surface area (Å²) >= 11 is 0. The number of hydrogen-bond donors (Lipinski definition) is 0. The summed E-state index contributed by atoms with van der Waals surface area (Å²) in [6.45, 7) is 7.36. The highest BCUT2D eigenvalue weighted by atomic mass is 16.5. The normalized spacial score (nSPS) is 14.7. The maximum absolute atomic E-state index is 5.97. The molecule has 0 spiro atoms. The third-order valence-corrected chi connectivity index (χ3v) is 5.04. The third kappa shape index (κ3) is 4.11. The molecule has 0 N–H and O–H groups in total. The van der Waals surface area contributed by atoms with Crippen molar-refractivity contribution >= 4 is 11.2 Å².